The molecule has 0 atom stereocenters. The summed E-state index contributed by atoms with van der Waals surface area (Å²) in [5, 5.41) is 11.0. The molecule has 170 valence electrons. The normalized spacial score (nSPS) is 11.3. The van der Waals surface area contributed by atoms with Crippen molar-refractivity contribution >= 4 is 40.1 Å². The number of nitrogens with zero attached hydrogens (tertiary/aromatic N) is 1. The third-order valence-corrected chi connectivity index (χ3v) is 6.31. The van der Waals surface area contributed by atoms with Gasteiger partial charge in [-0.2, -0.15) is 0 Å². The number of fused-ring (bicyclic) bond motifs is 2. The van der Waals surface area contributed by atoms with Gasteiger partial charge < -0.3 is 14.4 Å². The monoisotopic (exact) mass is 483 g/mol. The lowest BCUT2D eigenvalue weighted by Gasteiger charge is -2.21. The van der Waals surface area contributed by atoms with Crippen LogP contribution in [0.15, 0.2) is 57.7 Å². The number of benzene rings is 3. The summed E-state index contributed by atoms with van der Waals surface area (Å²) in [5.74, 6) is 0.204. The minimum absolute atomic E-state index is 0.0118. The number of amides is 1. The molecule has 1 aliphatic heterocycles. The van der Waals surface area contributed by atoms with Gasteiger partial charge in [0.15, 0.2) is 0 Å². The second-order valence-electron chi connectivity index (χ2n) is 7.87. The van der Waals surface area contributed by atoms with E-state index >= 15 is 0 Å². The molecule has 7 heteroatoms. The molecule has 1 amide bonds. The van der Waals surface area contributed by atoms with Gasteiger partial charge in [0.25, 0.3) is 5.91 Å². The predicted octanol–water partition coefficient (Wildman–Crippen LogP) is 6.84. The van der Waals surface area contributed by atoms with Crippen molar-refractivity contribution in [2.24, 2.45) is 0 Å². The van der Waals surface area contributed by atoms with Gasteiger partial charge in [0.05, 0.1) is 10.0 Å². The van der Waals surface area contributed by atoms with Crippen LogP contribution < -0.4 is 5.43 Å². The molecular weight excluding hydrogens is 461 g/mol. The first-order chi connectivity index (χ1) is 15.8. The first-order valence-corrected chi connectivity index (χ1v) is 11.6. The highest BCUT2D eigenvalue weighted by atomic mass is 35.5. The zero-order chi connectivity index (χ0) is 23.7. The molecule has 1 aliphatic carbocycles. The summed E-state index contributed by atoms with van der Waals surface area (Å²) in [7, 11) is 0. The zero-order valence-corrected chi connectivity index (χ0v) is 19.8. The molecule has 2 aromatic rings. The third kappa shape index (κ3) is 4.43. The standard InChI is InChI=1S/C26H23Cl2NO4/c1-3-5-10-29(4-2)26(32)16-8-6-15(7-9-16)25-17-11-19(27)21(30)13-23(17)33-24-14-22(31)20(28)12-18(24)25/h6-9,11-14,30H,3-5,10H2,1-2H3. The van der Waals surface area contributed by atoms with Crippen LogP contribution in [0.2, 0.25) is 10.0 Å². The zero-order valence-electron chi connectivity index (χ0n) is 18.3. The molecule has 0 spiro atoms. The molecule has 4 rings (SSSR count). The Hall–Kier alpha value is -3.02. The molecule has 0 fully saturated rings. The van der Waals surface area contributed by atoms with Gasteiger partial charge in [0.2, 0.25) is 5.43 Å². The molecule has 0 aromatic heterocycles. The van der Waals surface area contributed by atoms with Crippen LogP contribution in [0.5, 0.6) is 5.75 Å². The van der Waals surface area contributed by atoms with Crippen molar-refractivity contribution < 1.29 is 14.3 Å². The topological polar surface area (TPSA) is 70.8 Å². The third-order valence-electron chi connectivity index (χ3n) is 5.71. The Bertz CT molecular complexity index is 1360. The van der Waals surface area contributed by atoms with Gasteiger partial charge in [-0.3, -0.25) is 9.59 Å². The average molecular weight is 484 g/mol. The Morgan fingerprint density at radius 3 is 2.42 bits per heavy atom. The number of phenols is 1. The van der Waals surface area contributed by atoms with E-state index in [9.17, 15) is 14.7 Å². The molecule has 2 aliphatic rings. The average Bonchev–Trinajstić information content (AvgIpc) is 2.80. The van der Waals surface area contributed by atoms with Gasteiger partial charge in [-0.25, -0.2) is 0 Å². The number of hydrogen-bond acceptors (Lipinski definition) is 4. The number of carbonyl (C=O) groups excluding carboxylic acids is 1. The van der Waals surface area contributed by atoms with Crippen molar-refractivity contribution in [2.75, 3.05) is 13.1 Å². The molecular formula is C26H23Cl2NO4. The van der Waals surface area contributed by atoms with E-state index in [1.807, 2.05) is 24.0 Å². The number of phenolic OH excluding ortho intramolecular Hbond substituents is 1. The van der Waals surface area contributed by atoms with Crippen LogP contribution in [-0.4, -0.2) is 29.0 Å². The smallest absolute Gasteiger partial charge is 0.253 e. The lowest BCUT2D eigenvalue weighted by molar-refractivity contribution is 0.0762. The first-order valence-electron chi connectivity index (χ1n) is 10.8. The molecule has 0 saturated carbocycles. The molecule has 0 saturated heterocycles. The Balaban J connectivity index is 1.88. The fraction of sp³-hybridized carbons (Fsp3) is 0.231. The number of rotatable bonds is 6. The second-order valence-corrected chi connectivity index (χ2v) is 8.69. The molecule has 2 aromatic carbocycles. The Labute approximate surface area is 201 Å². The van der Waals surface area contributed by atoms with Crippen molar-refractivity contribution in [3.8, 4) is 28.2 Å². The van der Waals surface area contributed by atoms with E-state index in [0.29, 0.717) is 34.4 Å². The Kier molecular flexibility index (Phi) is 6.63. The van der Waals surface area contributed by atoms with Crippen molar-refractivity contribution in [3.63, 3.8) is 0 Å². The fourth-order valence-electron chi connectivity index (χ4n) is 3.93. The molecule has 0 radical (unpaired) electrons. The van der Waals surface area contributed by atoms with Crippen LogP contribution >= 0.6 is 23.2 Å². The lowest BCUT2D eigenvalue weighted by atomic mass is 9.93. The molecule has 1 N–H and O–H groups in total. The highest BCUT2D eigenvalue weighted by Gasteiger charge is 2.21. The van der Waals surface area contributed by atoms with Gasteiger partial charge in [0, 0.05) is 47.3 Å². The van der Waals surface area contributed by atoms with E-state index in [0.717, 1.165) is 30.5 Å². The maximum atomic E-state index is 12.9. The minimum atomic E-state index is -0.357. The van der Waals surface area contributed by atoms with E-state index in [4.69, 9.17) is 27.6 Å². The summed E-state index contributed by atoms with van der Waals surface area (Å²) in [6, 6.07) is 13.2. The largest absolute Gasteiger partial charge is 0.506 e. The summed E-state index contributed by atoms with van der Waals surface area (Å²) in [4.78, 5) is 26.9. The van der Waals surface area contributed by atoms with E-state index in [2.05, 4.69) is 6.92 Å². The van der Waals surface area contributed by atoms with Crippen molar-refractivity contribution in [1.82, 2.24) is 4.90 Å². The fourth-order valence-corrected chi connectivity index (χ4v) is 4.25. The van der Waals surface area contributed by atoms with Crippen molar-refractivity contribution in [1.29, 1.82) is 0 Å². The van der Waals surface area contributed by atoms with Crippen LogP contribution in [0, 0.1) is 0 Å². The quantitative estimate of drug-likeness (QED) is 0.304. The van der Waals surface area contributed by atoms with Gasteiger partial charge in [0.1, 0.15) is 17.1 Å². The molecule has 0 unspecified atom stereocenters. The molecule has 33 heavy (non-hydrogen) atoms. The summed E-state index contributed by atoms with van der Waals surface area (Å²) >= 11 is 12.3. The second kappa shape index (κ2) is 9.46. The van der Waals surface area contributed by atoms with E-state index in [-0.39, 0.29) is 27.1 Å². The van der Waals surface area contributed by atoms with Crippen LogP contribution in [-0.2, 0) is 0 Å². The summed E-state index contributed by atoms with van der Waals surface area (Å²) in [6.07, 6.45) is 1.98. The Morgan fingerprint density at radius 2 is 1.76 bits per heavy atom. The summed E-state index contributed by atoms with van der Waals surface area (Å²) < 4.78 is 5.89. The van der Waals surface area contributed by atoms with Gasteiger partial charge in [-0.1, -0.05) is 48.7 Å². The van der Waals surface area contributed by atoms with E-state index < -0.39 is 0 Å². The Morgan fingerprint density at radius 1 is 1.03 bits per heavy atom. The number of carbonyl (C=O) groups is 1. The highest BCUT2D eigenvalue weighted by Crippen LogP contribution is 2.43. The maximum Gasteiger partial charge on any atom is 0.253 e. The highest BCUT2D eigenvalue weighted by molar-refractivity contribution is 6.33. The van der Waals surface area contributed by atoms with Gasteiger partial charge >= 0.3 is 0 Å². The molecule has 5 nitrogen and oxygen atoms in total. The van der Waals surface area contributed by atoms with Crippen LogP contribution in [0.25, 0.3) is 33.4 Å². The molecule has 1 heterocycles. The van der Waals surface area contributed by atoms with Crippen LogP contribution in [0.4, 0.5) is 0 Å². The number of hydrogen-bond donors (Lipinski definition) is 1. The maximum absolute atomic E-state index is 12.9. The number of unbranched alkanes of at least 4 members (excludes halogenated alkanes) is 1. The van der Waals surface area contributed by atoms with Crippen LogP contribution in [0.3, 0.4) is 0 Å². The van der Waals surface area contributed by atoms with Gasteiger partial charge in [-0.05, 0) is 43.2 Å². The minimum Gasteiger partial charge on any atom is -0.506 e. The van der Waals surface area contributed by atoms with Gasteiger partial charge in [-0.15, -0.1) is 0 Å². The number of aromatic hydroxyl groups is 1. The summed E-state index contributed by atoms with van der Waals surface area (Å²) in [5.41, 5.74) is 2.78. The first kappa shape index (κ1) is 23.1. The lowest BCUT2D eigenvalue weighted by Crippen LogP contribution is -2.31. The van der Waals surface area contributed by atoms with Crippen LogP contribution in [0.1, 0.15) is 37.0 Å². The van der Waals surface area contributed by atoms with Crippen molar-refractivity contribution in [2.45, 2.75) is 26.7 Å². The molecule has 0 bridgehead atoms. The predicted molar refractivity (Wildman–Crippen MR) is 133 cm³/mol. The van der Waals surface area contributed by atoms with E-state index in [1.165, 1.54) is 12.1 Å². The van der Waals surface area contributed by atoms with E-state index in [1.54, 1.807) is 24.3 Å². The van der Waals surface area contributed by atoms with Crippen molar-refractivity contribution in [3.05, 3.63) is 74.4 Å². The number of halogens is 2. The SMILES string of the molecule is CCCCN(CC)C(=O)c1ccc(-c2c3cc(Cl)c(=O)cc-3oc3cc(O)c(Cl)cc23)cc1. The summed E-state index contributed by atoms with van der Waals surface area (Å²) in [6.45, 7) is 5.44.